The fourth-order valence-corrected chi connectivity index (χ4v) is 8.50. The van der Waals surface area contributed by atoms with E-state index in [1.807, 2.05) is 0 Å². The van der Waals surface area contributed by atoms with Crippen LogP contribution in [0.1, 0.15) is 59.3 Å². The normalized spacial score (nSPS) is 36.5. The molecule has 0 spiro atoms. The van der Waals surface area contributed by atoms with Gasteiger partial charge in [-0.05, 0) is 55.3 Å². The average Bonchev–Trinajstić information content (AvgIpc) is 3.56. The number of carbonyl (C=O) groups is 1. The van der Waals surface area contributed by atoms with Crippen molar-refractivity contribution in [3.63, 3.8) is 0 Å². The molecular weight excluding hydrogens is 673 g/mol. The maximum Gasteiger partial charge on any atom is 0.437 e. The summed E-state index contributed by atoms with van der Waals surface area (Å²) in [4.78, 5) is 11.3. The number of alkyl halides is 15. The molecule has 0 amide bonds. The van der Waals surface area contributed by atoms with E-state index in [9.17, 15) is 57.5 Å². The molecule has 9 unspecified atom stereocenters. The van der Waals surface area contributed by atoms with E-state index < -0.39 is 127 Å². The third kappa shape index (κ3) is 5.53. The van der Waals surface area contributed by atoms with Crippen molar-refractivity contribution in [3.05, 3.63) is 0 Å². The van der Waals surface area contributed by atoms with Crippen molar-refractivity contribution in [2.75, 3.05) is 6.79 Å². The predicted octanol–water partition coefficient (Wildman–Crippen LogP) is 8.73. The number of rotatable bonds is 9. The SMILES string of the molecule is CC(=O)OC(CC1CC2CC(OCOC(CC3(F)C4CC(C(C)C4C)C3(F)F)(C(F)(F)F)C(F)(F)F)C1C2)(C(F)(F)F)C(F)(F)F. The smallest absolute Gasteiger partial charge is 0.437 e. The second kappa shape index (κ2) is 11.2. The summed E-state index contributed by atoms with van der Waals surface area (Å²) in [6.45, 7) is 0.898. The zero-order valence-electron chi connectivity index (χ0n) is 24.4. The molecule has 4 fully saturated rings. The summed E-state index contributed by atoms with van der Waals surface area (Å²) in [5.74, 6) is -15.6. The second-order valence-corrected chi connectivity index (χ2v) is 13.2. The molecule has 4 aliphatic carbocycles. The monoisotopic (exact) mass is 704 g/mol. The zero-order chi connectivity index (χ0) is 35.3. The molecule has 0 saturated heterocycles. The Kier molecular flexibility index (Phi) is 9.04. The van der Waals surface area contributed by atoms with Crippen molar-refractivity contribution in [2.45, 2.75) is 113 Å². The lowest BCUT2D eigenvalue weighted by atomic mass is 9.67. The molecule has 0 heterocycles. The Bertz CT molecular complexity index is 1120. The maximum absolute atomic E-state index is 16.0. The fraction of sp³-hybridized carbons (Fsp3) is 0.963. The molecular formula is C27H31F15O4. The molecule has 19 heteroatoms. The predicted molar refractivity (Wildman–Crippen MR) is 125 cm³/mol. The van der Waals surface area contributed by atoms with Crippen molar-refractivity contribution in [1.29, 1.82) is 0 Å². The first-order valence-corrected chi connectivity index (χ1v) is 14.3. The molecule has 268 valence electrons. The van der Waals surface area contributed by atoms with Gasteiger partial charge in [0.15, 0.2) is 5.67 Å². The van der Waals surface area contributed by atoms with Crippen LogP contribution >= 0.6 is 0 Å². The standard InChI is InChI=1S/C27H31F15O4/c1-11-12(2)18-7-17(11)20(28,23(18,29)30)9-22(26(37,38)39,27(40,41)42)45-10-44-19-6-14-4-15(16(19)5-14)8-21(24(31,32)33,25(34,35)36)46-13(3)43/h11-12,14-19H,4-10H2,1-3H3. The van der Waals surface area contributed by atoms with Crippen LogP contribution in [-0.4, -0.2) is 66.4 Å². The highest BCUT2D eigenvalue weighted by Crippen LogP contribution is 2.69. The van der Waals surface area contributed by atoms with E-state index in [2.05, 4.69) is 9.47 Å². The summed E-state index contributed by atoms with van der Waals surface area (Å²) in [5.41, 5.74) is -14.7. The van der Waals surface area contributed by atoms with Crippen molar-refractivity contribution in [1.82, 2.24) is 0 Å². The Balaban J connectivity index is 1.57. The number of fused-ring (bicyclic) bond motifs is 4. The van der Waals surface area contributed by atoms with E-state index in [0.717, 1.165) is 0 Å². The lowest BCUT2D eigenvalue weighted by Gasteiger charge is -2.48. The van der Waals surface area contributed by atoms with Crippen LogP contribution in [0.15, 0.2) is 0 Å². The minimum Gasteiger partial charge on any atom is -0.440 e. The third-order valence-electron chi connectivity index (χ3n) is 10.9. The van der Waals surface area contributed by atoms with Gasteiger partial charge in [-0.3, -0.25) is 4.79 Å². The van der Waals surface area contributed by atoms with Crippen LogP contribution in [-0.2, 0) is 19.0 Å². The molecule has 9 atom stereocenters. The highest BCUT2D eigenvalue weighted by molar-refractivity contribution is 5.66. The lowest BCUT2D eigenvalue weighted by molar-refractivity contribution is -0.409. The lowest BCUT2D eigenvalue weighted by Crippen LogP contribution is -2.66. The minimum atomic E-state index is -6.51. The van der Waals surface area contributed by atoms with Crippen LogP contribution in [0.25, 0.3) is 0 Å². The van der Waals surface area contributed by atoms with Crippen LogP contribution in [0.3, 0.4) is 0 Å². The first-order chi connectivity index (χ1) is 20.6. The van der Waals surface area contributed by atoms with Gasteiger partial charge in [0.2, 0.25) is 0 Å². The van der Waals surface area contributed by atoms with Crippen LogP contribution in [0.5, 0.6) is 0 Å². The number of ether oxygens (including phenoxy) is 3. The summed E-state index contributed by atoms with van der Waals surface area (Å²) < 4.78 is 227. The zero-order valence-corrected chi connectivity index (χ0v) is 24.4. The molecule has 4 bridgehead atoms. The van der Waals surface area contributed by atoms with Gasteiger partial charge in [0.1, 0.15) is 6.79 Å². The summed E-state index contributed by atoms with van der Waals surface area (Å²) in [5, 5.41) is 0. The molecule has 0 aliphatic heterocycles. The van der Waals surface area contributed by atoms with E-state index in [1.54, 1.807) is 0 Å². The average molecular weight is 705 g/mol. The molecule has 4 saturated carbocycles. The van der Waals surface area contributed by atoms with Gasteiger partial charge in [0.05, 0.1) is 6.10 Å². The number of esters is 1. The Morgan fingerprint density at radius 1 is 0.717 bits per heavy atom. The van der Waals surface area contributed by atoms with Gasteiger partial charge in [-0.25, -0.2) is 13.2 Å². The van der Waals surface area contributed by atoms with Gasteiger partial charge in [-0.2, -0.15) is 52.7 Å². The first-order valence-electron chi connectivity index (χ1n) is 14.3. The van der Waals surface area contributed by atoms with Crippen LogP contribution < -0.4 is 0 Å². The third-order valence-corrected chi connectivity index (χ3v) is 10.9. The fourth-order valence-electron chi connectivity index (χ4n) is 8.50. The highest BCUT2D eigenvalue weighted by Gasteiger charge is 2.83. The maximum atomic E-state index is 16.0. The number of hydrogen-bond acceptors (Lipinski definition) is 4. The van der Waals surface area contributed by atoms with Crippen molar-refractivity contribution in [2.24, 2.45) is 41.4 Å². The molecule has 0 aromatic rings. The van der Waals surface area contributed by atoms with Crippen molar-refractivity contribution in [3.8, 4) is 0 Å². The van der Waals surface area contributed by atoms with E-state index in [1.165, 1.54) is 13.8 Å². The van der Waals surface area contributed by atoms with Crippen LogP contribution in [0.2, 0.25) is 0 Å². The Labute approximate surface area is 252 Å². The van der Waals surface area contributed by atoms with E-state index >= 15 is 13.2 Å². The summed E-state index contributed by atoms with van der Waals surface area (Å²) >= 11 is 0. The Hall–Kier alpha value is -1.66. The second-order valence-electron chi connectivity index (χ2n) is 13.2. The van der Waals surface area contributed by atoms with Gasteiger partial charge in [-0.1, -0.05) is 13.8 Å². The topological polar surface area (TPSA) is 44.8 Å². The number of halogens is 15. The minimum absolute atomic E-state index is 0.121. The summed E-state index contributed by atoms with van der Waals surface area (Å²) in [6, 6.07) is 0. The van der Waals surface area contributed by atoms with E-state index in [-0.39, 0.29) is 19.3 Å². The molecule has 0 aromatic carbocycles. The van der Waals surface area contributed by atoms with Crippen molar-refractivity contribution < 1.29 is 84.9 Å². The van der Waals surface area contributed by atoms with E-state index in [4.69, 9.17) is 4.74 Å². The number of carbonyl (C=O) groups excluding carboxylic acids is 1. The van der Waals surface area contributed by atoms with Gasteiger partial charge in [0, 0.05) is 31.6 Å². The molecule has 4 rings (SSSR count). The molecule has 46 heavy (non-hydrogen) atoms. The van der Waals surface area contributed by atoms with Gasteiger partial charge in [0.25, 0.3) is 11.5 Å². The molecule has 4 aliphatic rings. The molecule has 4 nitrogen and oxygen atoms in total. The Morgan fingerprint density at radius 2 is 1.22 bits per heavy atom. The van der Waals surface area contributed by atoms with E-state index in [0.29, 0.717) is 6.92 Å². The van der Waals surface area contributed by atoms with Crippen LogP contribution in [0.4, 0.5) is 65.9 Å². The van der Waals surface area contributed by atoms with Crippen molar-refractivity contribution >= 4 is 5.97 Å². The first kappa shape index (κ1) is 37.2. The van der Waals surface area contributed by atoms with Crippen LogP contribution in [0, 0.1) is 41.4 Å². The summed E-state index contributed by atoms with van der Waals surface area (Å²) in [6.07, 6.45) is -32.8. The Morgan fingerprint density at radius 3 is 1.65 bits per heavy atom. The van der Waals surface area contributed by atoms with Gasteiger partial charge < -0.3 is 14.2 Å². The molecule has 0 radical (unpaired) electrons. The quantitative estimate of drug-likeness (QED) is 0.137. The summed E-state index contributed by atoms with van der Waals surface area (Å²) in [7, 11) is 0. The molecule has 0 aromatic heterocycles. The highest BCUT2D eigenvalue weighted by atomic mass is 19.4. The molecule has 0 N–H and O–H groups in total. The van der Waals surface area contributed by atoms with Gasteiger partial charge >= 0.3 is 36.3 Å². The number of hydrogen-bond donors (Lipinski definition) is 0. The van der Waals surface area contributed by atoms with Gasteiger partial charge in [-0.15, -0.1) is 0 Å². The largest absolute Gasteiger partial charge is 0.440 e.